The molecule has 0 aliphatic carbocycles. The van der Waals surface area contributed by atoms with Crippen molar-refractivity contribution < 1.29 is 13.6 Å². The minimum atomic E-state index is -0.255. The van der Waals surface area contributed by atoms with Crippen molar-refractivity contribution in [1.29, 1.82) is 0 Å². The predicted octanol–water partition coefficient (Wildman–Crippen LogP) is 4.24. The number of carbonyl (C=O) groups is 1. The van der Waals surface area contributed by atoms with Crippen LogP contribution in [0.2, 0.25) is 0 Å². The molecular formula is C23H25N3O3. The summed E-state index contributed by atoms with van der Waals surface area (Å²) in [6, 6.07) is 15.6. The maximum atomic E-state index is 13.1. The molecule has 6 heteroatoms. The van der Waals surface area contributed by atoms with Crippen LogP contribution in [0, 0.1) is 0 Å². The van der Waals surface area contributed by atoms with Gasteiger partial charge in [0.25, 0.3) is 5.91 Å². The molecule has 1 atom stereocenters. The van der Waals surface area contributed by atoms with Crippen molar-refractivity contribution in [3.05, 3.63) is 83.7 Å². The van der Waals surface area contributed by atoms with Crippen LogP contribution in [0.5, 0.6) is 0 Å². The average Bonchev–Trinajstić information content (AvgIpc) is 3.49. The Morgan fingerprint density at radius 1 is 1.10 bits per heavy atom. The van der Waals surface area contributed by atoms with Crippen LogP contribution >= 0.6 is 0 Å². The van der Waals surface area contributed by atoms with Gasteiger partial charge in [-0.3, -0.25) is 9.69 Å². The zero-order valence-corrected chi connectivity index (χ0v) is 16.7. The summed E-state index contributed by atoms with van der Waals surface area (Å²) in [5.74, 6) is 1.34. The summed E-state index contributed by atoms with van der Waals surface area (Å²) in [5.41, 5.74) is 3.24. The van der Waals surface area contributed by atoms with Crippen molar-refractivity contribution >= 4 is 11.6 Å². The van der Waals surface area contributed by atoms with Crippen LogP contribution in [0.25, 0.3) is 0 Å². The van der Waals surface area contributed by atoms with Crippen LogP contribution in [0.15, 0.2) is 75.0 Å². The summed E-state index contributed by atoms with van der Waals surface area (Å²) >= 11 is 0. The van der Waals surface area contributed by atoms with Gasteiger partial charge in [-0.25, -0.2) is 5.01 Å². The van der Waals surface area contributed by atoms with Crippen molar-refractivity contribution in [1.82, 2.24) is 9.91 Å². The van der Waals surface area contributed by atoms with Crippen LogP contribution in [0.1, 0.15) is 42.0 Å². The SMILES string of the molecule is CCc1ccc(CN(C)CC(=O)N2N=C(c3ccco3)CC2c2ccco2)cc1. The van der Waals surface area contributed by atoms with Gasteiger partial charge in [0, 0.05) is 13.0 Å². The second-order valence-electron chi connectivity index (χ2n) is 7.34. The van der Waals surface area contributed by atoms with Crippen molar-refractivity contribution in [2.24, 2.45) is 5.10 Å². The van der Waals surface area contributed by atoms with Gasteiger partial charge in [0.05, 0.1) is 19.1 Å². The first kappa shape index (κ1) is 19.2. The van der Waals surface area contributed by atoms with Crippen molar-refractivity contribution in [2.75, 3.05) is 13.6 Å². The van der Waals surface area contributed by atoms with Gasteiger partial charge < -0.3 is 8.83 Å². The highest BCUT2D eigenvalue weighted by Gasteiger charge is 2.35. The lowest BCUT2D eigenvalue weighted by atomic mass is 10.1. The number of aryl methyl sites for hydroxylation is 1. The normalized spacial score (nSPS) is 16.4. The maximum absolute atomic E-state index is 13.1. The fourth-order valence-electron chi connectivity index (χ4n) is 3.59. The van der Waals surface area contributed by atoms with Crippen molar-refractivity contribution in [2.45, 2.75) is 32.4 Å². The van der Waals surface area contributed by atoms with Gasteiger partial charge >= 0.3 is 0 Å². The van der Waals surface area contributed by atoms with E-state index in [1.807, 2.05) is 36.2 Å². The standard InChI is InChI=1S/C23H25N3O3/c1-3-17-8-10-18(11-9-17)15-25(2)16-23(27)26-20(22-7-5-13-29-22)14-19(24-26)21-6-4-12-28-21/h4-13,20H,3,14-16H2,1-2H3. The lowest BCUT2D eigenvalue weighted by Gasteiger charge is -2.23. The van der Waals surface area contributed by atoms with Crippen molar-refractivity contribution in [3.63, 3.8) is 0 Å². The number of likely N-dealkylation sites (N-methyl/N-ethyl adjacent to an activating group) is 1. The molecule has 1 aromatic carbocycles. The molecule has 1 amide bonds. The van der Waals surface area contributed by atoms with Gasteiger partial charge in [-0.2, -0.15) is 5.10 Å². The van der Waals surface area contributed by atoms with E-state index in [0.29, 0.717) is 18.7 Å². The molecule has 3 aromatic rings. The van der Waals surface area contributed by atoms with Crippen LogP contribution in [-0.4, -0.2) is 35.1 Å². The first-order valence-electron chi connectivity index (χ1n) is 9.87. The van der Waals surface area contributed by atoms with E-state index in [1.54, 1.807) is 12.5 Å². The van der Waals surface area contributed by atoms with Gasteiger partial charge in [-0.15, -0.1) is 0 Å². The van der Waals surface area contributed by atoms with E-state index in [2.05, 4.69) is 36.3 Å². The fraction of sp³-hybridized carbons (Fsp3) is 0.304. The lowest BCUT2D eigenvalue weighted by Crippen LogP contribution is -2.36. The smallest absolute Gasteiger partial charge is 0.257 e. The molecule has 29 heavy (non-hydrogen) atoms. The number of rotatable bonds is 7. The molecule has 4 rings (SSSR count). The van der Waals surface area contributed by atoms with E-state index in [4.69, 9.17) is 8.83 Å². The Kier molecular flexibility index (Phi) is 5.62. The molecule has 0 saturated carbocycles. The summed E-state index contributed by atoms with van der Waals surface area (Å²) < 4.78 is 11.1. The summed E-state index contributed by atoms with van der Waals surface area (Å²) in [7, 11) is 1.95. The van der Waals surface area contributed by atoms with E-state index in [9.17, 15) is 4.79 Å². The molecule has 6 nitrogen and oxygen atoms in total. The van der Waals surface area contributed by atoms with Gasteiger partial charge in [-0.05, 0) is 48.9 Å². The molecule has 1 unspecified atom stereocenters. The minimum Gasteiger partial charge on any atom is -0.467 e. The highest BCUT2D eigenvalue weighted by atomic mass is 16.3. The third-order valence-electron chi connectivity index (χ3n) is 5.13. The van der Waals surface area contributed by atoms with Crippen LogP contribution < -0.4 is 0 Å². The summed E-state index contributed by atoms with van der Waals surface area (Å²) in [4.78, 5) is 15.1. The summed E-state index contributed by atoms with van der Waals surface area (Å²) in [6.45, 7) is 3.11. The molecule has 0 saturated heterocycles. The number of hydrogen-bond acceptors (Lipinski definition) is 5. The van der Waals surface area contributed by atoms with Gasteiger partial charge in [-0.1, -0.05) is 31.2 Å². The molecule has 150 valence electrons. The third kappa shape index (κ3) is 4.32. The Hall–Kier alpha value is -3.12. The molecule has 0 bridgehead atoms. The van der Waals surface area contributed by atoms with E-state index in [0.717, 1.165) is 17.9 Å². The Labute approximate surface area is 170 Å². The number of amides is 1. The number of hydrazone groups is 1. The largest absolute Gasteiger partial charge is 0.467 e. The zero-order chi connectivity index (χ0) is 20.2. The lowest BCUT2D eigenvalue weighted by molar-refractivity contribution is -0.134. The molecule has 1 aliphatic heterocycles. The molecule has 1 aliphatic rings. The third-order valence-corrected chi connectivity index (χ3v) is 5.13. The number of nitrogens with zero attached hydrogens (tertiary/aromatic N) is 3. The Morgan fingerprint density at radius 2 is 1.83 bits per heavy atom. The summed E-state index contributed by atoms with van der Waals surface area (Å²) in [5, 5.41) is 6.11. The molecule has 0 N–H and O–H groups in total. The Balaban J connectivity index is 1.46. The van der Waals surface area contributed by atoms with Gasteiger partial charge in [0.15, 0.2) is 0 Å². The number of benzene rings is 1. The minimum absolute atomic E-state index is 0.0689. The second-order valence-corrected chi connectivity index (χ2v) is 7.34. The van der Waals surface area contributed by atoms with Crippen LogP contribution in [0.3, 0.4) is 0 Å². The highest BCUT2D eigenvalue weighted by Crippen LogP contribution is 2.33. The van der Waals surface area contributed by atoms with Crippen LogP contribution in [0.4, 0.5) is 0 Å². The fourth-order valence-corrected chi connectivity index (χ4v) is 3.59. The summed E-state index contributed by atoms with van der Waals surface area (Å²) in [6.07, 6.45) is 4.82. The monoisotopic (exact) mass is 391 g/mol. The molecule has 0 fully saturated rings. The zero-order valence-electron chi connectivity index (χ0n) is 16.7. The second kappa shape index (κ2) is 8.49. The molecule has 2 aromatic heterocycles. The molecule has 3 heterocycles. The molecular weight excluding hydrogens is 366 g/mol. The molecule has 0 spiro atoms. The first-order chi connectivity index (χ1) is 14.1. The Bertz CT molecular complexity index is 959. The van der Waals surface area contributed by atoms with Crippen LogP contribution in [-0.2, 0) is 17.8 Å². The van der Waals surface area contributed by atoms with E-state index < -0.39 is 0 Å². The number of carbonyl (C=O) groups excluding carboxylic acids is 1. The number of hydrogen-bond donors (Lipinski definition) is 0. The topological polar surface area (TPSA) is 62.2 Å². The Morgan fingerprint density at radius 3 is 2.48 bits per heavy atom. The highest BCUT2D eigenvalue weighted by molar-refractivity contribution is 6.01. The average molecular weight is 391 g/mol. The predicted molar refractivity (Wildman–Crippen MR) is 110 cm³/mol. The van der Waals surface area contributed by atoms with Gasteiger partial charge in [0.1, 0.15) is 23.3 Å². The van der Waals surface area contributed by atoms with E-state index >= 15 is 0 Å². The van der Waals surface area contributed by atoms with E-state index in [1.165, 1.54) is 16.1 Å². The van der Waals surface area contributed by atoms with Gasteiger partial charge in [0.2, 0.25) is 0 Å². The number of furan rings is 2. The molecule has 0 radical (unpaired) electrons. The quantitative estimate of drug-likeness (QED) is 0.604. The van der Waals surface area contributed by atoms with E-state index in [-0.39, 0.29) is 18.5 Å². The van der Waals surface area contributed by atoms with Crippen molar-refractivity contribution in [3.8, 4) is 0 Å². The maximum Gasteiger partial charge on any atom is 0.257 e. The first-order valence-corrected chi connectivity index (χ1v) is 9.87.